The molecule has 0 saturated heterocycles. The summed E-state index contributed by atoms with van der Waals surface area (Å²) in [6.07, 6.45) is 13.6. The lowest BCUT2D eigenvalue weighted by molar-refractivity contribution is 0.136. The van der Waals surface area contributed by atoms with Gasteiger partial charge < -0.3 is 20.2 Å². The van der Waals surface area contributed by atoms with E-state index in [-0.39, 0.29) is 19.8 Å². The zero-order chi connectivity index (χ0) is 23.6. The van der Waals surface area contributed by atoms with Crippen LogP contribution in [0, 0.1) is 0 Å². The number of rotatable bonds is 22. The molecule has 0 heterocycles. The molecule has 0 saturated carbocycles. The van der Waals surface area contributed by atoms with Crippen LogP contribution < -0.4 is 0 Å². The number of unbranched alkanes of at least 4 members (excludes halogenated alkanes) is 10. The monoisotopic (exact) mass is 471 g/mol. The third-order valence-electron chi connectivity index (χ3n) is 4.75. The molecule has 0 spiro atoms. The first kappa shape index (κ1) is 33.1. The number of aliphatic hydroxyl groups is 3. The normalized spacial score (nSPS) is 11.6. The minimum absolute atomic E-state index is 0.0694. The summed E-state index contributed by atoms with van der Waals surface area (Å²) in [5.74, 6) is 0. The summed E-state index contributed by atoms with van der Waals surface area (Å²) in [6.45, 7) is 6.76. The third kappa shape index (κ3) is 27.9. The van der Waals surface area contributed by atoms with Crippen LogP contribution in [0.15, 0.2) is 0 Å². The van der Waals surface area contributed by atoms with Gasteiger partial charge in [0.1, 0.15) is 0 Å². The SMILES string of the molecule is CCCCCCCCOP(=O)(O)OCCCCCCCC.OCCN(CCO)CCO. The van der Waals surface area contributed by atoms with E-state index in [1.54, 1.807) is 4.90 Å². The molecule has 4 N–H and O–H groups in total. The highest BCUT2D eigenvalue weighted by Gasteiger charge is 2.19. The Bertz CT molecular complexity index is 353. The Morgan fingerprint density at radius 1 is 0.613 bits per heavy atom. The van der Waals surface area contributed by atoms with Gasteiger partial charge >= 0.3 is 7.82 Å². The van der Waals surface area contributed by atoms with Gasteiger partial charge in [0.2, 0.25) is 0 Å². The van der Waals surface area contributed by atoms with Crippen LogP contribution in [-0.4, -0.2) is 77.8 Å². The lowest BCUT2D eigenvalue weighted by Gasteiger charge is -2.17. The molecule has 0 aromatic heterocycles. The third-order valence-corrected chi connectivity index (χ3v) is 5.77. The van der Waals surface area contributed by atoms with Gasteiger partial charge in [-0.1, -0.05) is 78.1 Å². The maximum atomic E-state index is 11.6. The van der Waals surface area contributed by atoms with Gasteiger partial charge in [-0.25, -0.2) is 4.57 Å². The van der Waals surface area contributed by atoms with Gasteiger partial charge in [0.25, 0.3) is 0 Å². The van der Waals surface area contributed by atoms with Crippen LogP contribution in [0.4, 0.5) is 0 Å². The lowest BCUT2D eigenvalue weighted by atomic mass is 10.1. The molecule has 0 amide bonds. The van der Waals surface area contributed by atoms with Crippen LogP contribution in [-0.2, 0) is 13.6 Å². The van der Waals surface area contributed by atoms with E-state index in [1.165, 1.54) is 51.4 Å². The van der Waals surface area contributed by atoms with E-state index >= 15 is 0 Å². The highest BCUT2D eigenvalue weighted by Crippen LogP contribution is 2.43. The molecule has 0 radical (unpaired) electrons. The van der Waals surface area contributed by atoms with E-state index in [0.717, 1.165) is 25.7 Å². The smallest absolute Gasteiger partial charge is 0.395 e. The molecule has 190 valence electrons. The van der Waals surface area contributed by atoms with Gasteiger partial charge in [-0.3, -0.25) is 13.9 Å². The second-order valence-corrected chi connectivity index (χ2v) is 9.14. The fraction of sp³-hybridized carbons (Fsp3) is 1.00. The Morgan fingerprint density at radius 3 is 1.26 bits per heavy atom. The number of hydrogen-bond acceptors (Lipinski definition) is 7. The van der Waals surface area contributed by atoms with Crippen molar-refractivity contribution in [1.29, 1.82) is 0 Å². The summed E-state index contributed by atoms with van der Waals surface area (Å²) in [4.78, 5) is 11.3. The summed E-state index contributed by atoms with van der Waals surface area (Å²) in [7, 11) is -3.82. The Balaban J connectivity index is 0. The van der Waals surface area contributed by atoms with Gasteiger partial charge in [0.15, 0.2) is 0 Å². The van der Waals surface area contributed by atoms with Crippen molar-refractivity contribution in [3.63, 3.8) is 0 Å². The van der Waals surface area contributed by atoms with E-state index < -0.39 is 7.82 Å². The maximum absolute atomic E-state index is 11.6. The van der Waals surface area contributed by atoms with Crippen molar-refractivity contribution in [3.05, 3.63) is 0 Å². The number of nitrogens with zero attached hydrogens (tertiary/aromatic N) is 1. The molecule has 8 nitrogen and oxygen atoms in total. The van der Waals surface area contributed by atoms with Gasteiger partial charge in [0, 0.05) is 19.6 Å². The molecular formula is C22H50NO7P. The average molecular weight is 472 g/mol. The zero-order valence-corrected chi connectivity index (χ0v) is 20.9. The molecule has 0 bridgehead atoms. The van der Waals surface area contributed by atoms with Crippen molar-refractivity contribution in [2.75, 3.05) is 52.7 Å². The number of phosphoric acid groups is 1. The second kappa shape index (κ2) is 26.2. The van der Waals surface area contributed by atoms with E-state index in [1.807, 2.05) is 0 Å². The minimum Gasteiger partial charge on any atom is -0.395 e. The van der Waals surface area contributed by atoms with Crippen molar-refractivity contribution >= 4 is 7.82 Å². The van der Waals surface area contributed by atoms with Gasteiger partial charge in [0.05, 0.1) is 33.0 Å². The molecule has 0 aromatic rings. The average Bonchev–Trinajstić information content (AvgIpc) is 2.73. The molecule has 0 rings (SSSR count). The molecule has 9 heteroatoms. The van der Waals surface area contributed by atoms with Crippen molar-refractivity contribution in [2.24, 2.45) is 0 Å². The van der Waals surface area contributed by atoms with Crippen LogP contribution in [0.5, 0.6) is 0 Å². The maximum Gasteiger partial charge on any atom is 0.472 e. The standard InChI is InChI=1S/C16H35O4P.C6H15NO3/c1-3-5-7-9-11-13-15-19-21(17,18)20-16-14-12-10-8-6-4-2;8-4-1-7(2-5-9)3-6-10/h3-16H2,1-2H3,(H,17,18);8-10H,1-6H2. The van der Waals surface area contributed by atoms with E-state index in [9.17, 15) is 9.46 Å². The first-order valence-corrected chi connectivity index (χ1v) is 13.6. The number of aliphatic hydroxyl groups excluding tert-OH is 3. The second-order valence-electron chi connectivity index (χ2n) is 7.68. The first-order chi connectivity index (χ1) is 15.0. The Labute approximate surface area is 190 Å². The van der Waals surface area contributed by atoms with E-state index in [2.05, 4.69) is 13.8 Å². The summed E-state index contributed by atoms with van der Waals surface area (Å²) in [6, 6.07) is 0. The van der Waals surface area contributed by atoms with Crippen molar-refractivity contribution in [3.8, 4) is 0 Å². The summed E-state index contributed by atoms with van der Waals surface area (Å²) in [5, 5.41) is 25.5. The van der Waals surface area contributed by atoms with Gasteiger partial charge in [-0.05, 0) is 12.8 Å². The summed E-state index contributed by atoms with van der Waals surface area (Å²) >= 11 is 0. The number of phosphoric ester groups is 1. The van der Waals surface area contributed by atoms with Crippen molar-refractivity contribution in [2.45, 2.75) is 90.9 Å². The number of hydrogen-bond donors (Lipinski definition) is 4. The van der Waals surface area contributed by atoms with Crippen molar-refractivity contribution in [1.82, 2.24) is 4.90 Å². The molecule has 0 aromatic carbocycles. The summed E-state index contributed by atoms with van der Waals surface area (Å²) in [5.41, 5.74) is 0. The van der Waals surface area contributed by atoms with E-state index in [0.29, 0.717) is 32.8 Å². The van der Waals surface area contributed by atoms with Crippen molar-refractivity contribution < 1.29 is 33.8 Å². The van der Waals surface area contributed by atoms with Crippen LogP contribution >= 0.6 is 7.82 Å². The molecule has 0 fully saturated rings. The minimum atomic E-state index is -3.82. The Hall–Kier alpha value is -0.0500. The Kier molecular flexibility index (Phi) is 28.0. The predicted molar refractivity (Wildman–Crippen MR) is 126 cm³/mol. The predicted octanol–water partition coefficient (Wildman–Crippen LogP) is 4.11. The molecule has 0 unspecified atom stereocenters. The fourth-order valence-corrected chi connectivity index (χ4v) is 3.72. The lowest BCUT2D eigenvalue weighted by Crippen LogP contribution is -2.32. The largest absolute Gasteiger partial charge is 0.472 e. The summed E-state index contributed by atoms with van der Waals surface area (Å²) < 4.78 is 21.5. The Morgan fingerprint density at radius 2 is 0.935 bits per heavy atom. The molecule has 0 atom stereocenters. The molecule has 0 aliphatic heterocycles. The highest BCUT2D eigenvalue weighted by molar-refractivity contribution is 7.47. The van der Waals surface area contributed by atoms with Gasteiger partial charge in [-0.15, -0.1) is 0 Å². The molecule has 0 aliphatic rings. The van der Waals surface area contributed by atoms with E-state index in [4.69, 9.17) is 24.4 Å². The molecular weight excluding hydrogens is 421 g/mol. The topological polar surface area (TPSA) is 120 Å². The quantitative estimate of drug-likeness (QED) is 0.138. The van der Waals surface area contributed by atoms with Crippen LogP contribution in [0.25, 0.3) is 0 Å². The molecule has 0 aliphatic carbocycles. The highest BCUT2D eigenvalue weighted by atomic mass is 31.2. The first-order valence-electron chi connectivity index (χ1n) is 12.1. The molecule has 31 heavy (non-hydrogen) atoms. The van der Waals surface area contributed by atoms with Crippen LogP contribution in [0.2, 0.25) is 0 Å². The van der Waals surface area contributed by atoms with Gasteiger partial charge in [-0.2, -0.15) is 0 Å². The fourth-order valence-electron chi connectivity index (χ4n) is 2.92. The van der Waals surface area contributed by atoms with Crippen LogP contribution in [0.3, 0.4) is 0 Å². The van der Waals surface area contributed by atoms with Crippen LogP contribution in [0.1, 0.15) is 90.9 Å². The zero-order valence-electron chi connectivity index (χ0n) is 20.1.